The third-order valence-electron chi connectivity index (χ3n) is 6.52. The van der Waals surface area contributed by atoms with Gasteiger partial charge in [0.2, 0.25) is 6.41 Å². The Labute approximate surface area is 224 Å². The Morgan fingerprint density at radius 2 is 1.90 bits per heavy atom. The Morgan fingerprint density at radius 3 is 2.49 bits per heavy atom. The number of hydrogen-bond acceptors (Lipinski definition) is 5. The van der Waals surface area contributed by atoms with Crippen molar-refractivity contribution in [2.24, 2.45) is 5.73 Å². The molecular formula is C29H30F3N5O2. The summed E-state index contributed by atoms with van der Waals surface area (Å²) in [5, 5.41) is 7.72. The monoisotopic (exact) mass is 537 g/mol. The van der Waals surface area contributed by atoms with Gasteiger partial charge in [-0.2, -0.15) is 18.3 Å². The normalized spacial score (nSPS) is 12.9. The van der Waals surface area contributed by atoms with Gasteiger partial charge in [-0.15, -0.1) is 0 Å². The minimum atomic E-state index is -4.26. The maximum absolute atomic E-state index is 12.8. The summed E-state index contributed by atoms with van der Waals surface area (Å²) < 4.78 is 45.4. The van der Waals surface area contributed by atoms with Crippen molar-refractivity contribution in [1.82, 2.24) is 14.6 Å². The minimum Gasteiger partial charge on any atom is -0.497 e. The Balaban J connectivity index is 0.00000112. The van der Waals surface area contributed by atoms with Crippen molar-refractivity contribution in [1.29, 1.82) is 0 Å². The first-order valence-corrected chi connectivity index (χ1v) is 12.4. The highest BCUT2D eigenvalue weighted by Crippen LogP contribution is 2.42. The van der Waals surface area contributed by atoms with E-state index in [-0.39, 0.29) is 13.0 Å². The van der Waals surface area contributed by atoms with Crippen molar-refractivity contribution >= 4 is 23.3 Å². The molecule has 3 N–H and O–H groups in total. The number of primary amides is 1. The third-order valence-corrected chi connectivity index (χ3v) is 6.52. The van der Waals surface area contributed by atoms with E-state index in [1.54, 1.807) is 23.9 Å². The number of nitrogens with zero attached hydrogens (tertiary/aromatic N) is 3. The molecule has 2 aromatic heterocycles. The molecule has 1 amide bonds. The average molecular weight is 538 g/mol. The molecule has 2 aromatic carbocycles. The lowest BCUT2D eigenvalue weighted by Crippen LogP contribution is -2.15. The first-order chi connectivity index (χ1) is 18.6. The molecule has 1 fully saturated rings. The van der Waals surface area contributed by atoms with Crippen molar-refractivity contribution in [3.8, 4) is 17.0 Å². The lowest BCUT2D eigenvalue weighted by molar-refractivity contribution is -0.131. The number of halogens is 3. The summed E-state index contributed by atoms with van der Waals surface area (Å²) in [5.74, 6) is 1.36. The van der Waals surface area contributed by atoms with Crippen LogP contribution in [0, 0.1) is 6.92 Å². The van der Waals surface area contributed by atoms with E-state index < -0.39 is 12.6 Å². The number of anilines is 1. The van der Waals surface area contributed by atoms with Crippen LogP contribution in [-0.4, -0.2) is 40.8 Å². The van der Waals surface area contributed by atoms with Gasteiger partial charge in [-0.05, 0) is 66.6 Å². The fourth-order valence-corrected chi connectivity index (χ4v) is 4.41. The van der Waals surface area contributed by atoms with Gasteiger partial charge in [0.15, 0.2) is 5.65 Å². The summed E-state index contributed by atoms with van der Waals surface area (Å²) in [6, 6.07) is 15.5. The first kappa shape index (κ1) is 27.7. The number of aryl methyl sites for hydroxylation is 1. The number of nitrogens with two attached hydrogens (primary N) is 1. The predicted octanol–water partition coefficient (Wildman–Crippen LogP) is 6.12. The molecule has 0 saturated heterocycles. The van der Waals surface area contributed by atoms with Crippen molar-refractivity contribution < 1.29 is 22.7 Å². The summed E-state index contributed by atoms with van der Waals surface area (Å²) in [4.78, 5) is 13.1. The molecule has 0 spiro atoms. The lowest BCUT2D eigenvalue weighted by Gasteiger charge is -2.14. The van der Waals surface area contributed by atoms with Crippen LogP contribution < -0.4 is 15.8 Å². The van der Waals surface area contributed by atoms with Gasteiger partial charge in [0.25, 0.3) is 0 Å². The molecule has 0 atom stereocenters. The average Bonchev–Trinajstić information content (AvgIpc) is 3.66. The molecule has 1 saturated carbocycles. The minimum absolute atomic E-state index is 0.250. The number of ether oxygens (including phenoxy) is 1. The van der Waals surface area contributed by atoms with Crippen LogP contribution in [-0.2, 0) is 4.79 Å². The number of methoxy groups -OCH3 is 1. The molecular weight excluding hydrogens is 507 g/mol. The van der Waals surface area contributed by atoms with Crippen LogP contribution in [0.3, 0.4) is 0 Å². The summed E-state index contributed by atoms with van der Waals surface area (Å²) >= 11 is 0. The first-order valence-electron chi connectivity index (χ1n) is 12.4. The van der Waals surface area contributed by atoms with Crippen molar-refractivity contribution in [2.75, 3.05) is 19.0 Å². The Hall–Kier alpha value is -4.34. The topological polar surface area (TPSA) is 94.5 Å². The van der Waals surface area contributed by atoms with E-state index in [0.717, 1.165) is 16.8 Å². The fraction of sp³-hybridized carbons (Fsp3) is 0.276. The molecule has 39 heavy (non-hydrogen) atoms. The molecule has 10 heteroatoms. The smallest absolute Gasteiger partial charge is 0.390 e. The molecule has 7 nitrogen and oxygen atoms in total. The van der Waals surface area contributed by atoms with Crippen LogP contribution in [0.4, 0.5) is 18.9 Å². The Morgan fingerprint density at radius 1 is 1.21 bits per heavy atom. The molecule has 0 aliphatic heterocycles. The second-order valence-electron chi connectivity index (χ2n) is 9.30. The van der Waals surface area contributed by atoms with E-state index in [2.05, 4.69) is 47.7 Å². The van der Waals surface area contributed by atoms with Crippen molar-refractivity contribution in [3.63, 3.8) is 0 Å². The second-order valence-corrected chi connectivity index (χ2v) is 9.30. The summed E-state index contributed by atoms with van der Waals surface area (Å²) in [6.07, 6.45) is -0.802. The van der Waals surface area contributed by atoms with Crippen LogP contribution in [0.15, 0.2) is 61.3 Å². The van der Waals surface area contributed by atoms with Gasteiger partial charge in [0, 0.05) is 17.7 Å². The van der Waals surface area contributed by atoms with Crippen LogP contribution in [0.1, 0.15) is 47.6 Å². The maximum atomic E-state index is 12.8. The van der Waals surface area contributed by atoms with E-state index in [0.29, 0.717) is 34.3 Å². The summed E-state index contributed by atoms with van der Waals surface area (Å²) in [7, 11) is 1.59. The Kier molecular flexibility index (Phi) is 8.23. The molecule has 5 rings (SSSR count). The quantitative estimate of drug-likeness (QED) is 0.264. The number of fused-ring (bicyclic) bond motifs is 1. The number of benzene rings is 2. The number of carbonyl (C=O) groups excluding carboxylic acids is 1. The highest BCUT2D eigenvalue weighted by Gasteiger charge is 2.27. The zero-order valence-electron chi connectivity index (χ0n) is 21.8. The van der Waals surface area contributed by atoms with Crippen molar-refractivity contribution in [3.05, 3.63) is 83.7 Å². The molecule has 0 bridgehead atoms. The maximum Gasteiger partial charge on any atom is 0.390 e. The highest BCUT2D eigenvalue weighted by atomic mass is 19.4. The van der Waals surface area contributed by atoms with Gasteiger partial charge in [-0.3, -0.25) is 4.79 Å². The van der Waals surface area contributed by atoms with Crippen LogP contribution >= 0.6 is 0 Å². The molecule has 1 aliphatic rings. The zero-order valence-corrected chi connectivity index (χ0v) is 21.8. The van der Waals surface area contributed by atoms with Gasteiger partial charge < -0.3 is 15.8 Å². The van der Waals surface area contributed by atoms with E-state index in [4.69, 9.17) is 14.6 Å². The number of alkyl halides is 3. The number of aromatic nitrogens is 3. The molecule has 0 unspecified atom stereocenters. The molecule has 0 radical (unpaired) electrons. The number of amides is 1. The SMILES string of the molecule is C=C(c1ccc(OC)cc1)c1cc(NCCC(F)(F)F)c2ncc(-c3ccc(C4CC4)c(C)c3)n2n1.NC=O. The molecule has 2 heterocycles. The van der Waals surface area contributed by atoms with E-state index in [1.165, 1.54) is 24.0 Å². The predicted molar refractivity (Wildman–Crippen MR) is 146 cm³/mol. The number of carbonyl (C=O) groups is 1. The van der Waals surface area contributed by atoms with E-state index in [9.17, 15) is 13.2 Å². The number of hydrogen-bond donors (Lipinski definition) is 2. The van der Waals surface area contributed by atoms with Gasteiger partial charge in [-0.25, -0.2) is 9.50 Å². The number of nitrogens with one attached hydrogen (secondary N) is 1. The van der Waals surface area contributed by atoms with Crippen LogP contribution in [0.2, 0.25) is 0 Å². The number of imidazole rings is 1. The van der Waals surface area contributed by atoms with Crippen molar-refractivity contribution in [2.45, 2.75) is 38.3 Å². The zero-order chi connectivity index (χ0) is 28.2. The van der Waals surface area contributed by atoms with Gasteiger partial charge in [-0.1, -0.05) is 30.8 Å². The van der Waals surface area contributed by atoms with Gasteiger partial charge in [0.05, 0.1) is 36.8 Å². The largest absolute Gasteiger partial charge is 0.497 e. The Bertz CT molecular complexity index is 1480. The summed E-state index contributed by atoms with van der Waals surface area (Å²) in [5.41, 5.74) is 11.4. The highest BCUT2D eigenvalue weighted by molar-refractivity contribution is 5.81. The molecule has 1 aliphatic carbocycles. The van der Waals surface area contributed by atoms with Gasteiger partial charge in [0.1, 0.15) is 5.75 Å². The fourth-order valence-electron chi connectivity index (χ4n) is 4.41. The van der Waals surface area contributed by atoms with E-state index in [1.807, 2.05) is 24.3 Å². The van der Waals surface area contributed by atoms with Crippen LogP contribution in [0.5, 0.6) is 5.75 Å². The lowest BCUT2D eigenvalue weighted by atomic mass is 10.0. The third kappa shape index (κ3) is 6.57. The second kappa shape index (κ2) is 11.6. The molecule has 4 aromatic rings. The van der Waals surface area contributed by atoms with Gasteiger partial charge >= 0.3 is 6.18 Å². The standard InChI is InChI=1S/C28H27F3N4O.CH3NO/c1-17-14-21(8-11-23(17)20-4-5-20)26-16-33-27-25(32-13-12-28(29,30)31)15-24(34-35(26)27)18(2)19-6-9-22(36-3)10-7-19;2-1-3/h6-11,14-16,20,32H,2,4-5,12-13H2,1,3H3;1H,(H2,2,3). The van der Waals surface area contributed by atoms with E-state index >= 15 is 0 Å². The van der Waals surface area contributed by atoms with Crippen LogP contribution in [0.25, 0.3) is 22.5 Å². The molecule has 204 valence electrons. The summed E-state index contributed by atoms with van der Waals surface area (Å²) in [6.45, 7) is 6.05. The number of rotatable bonds is 8.